The smallest absolute Gasteiger partial charge is 0.251 e. The number of ether oxygens (including phenoxy) is 1. The highest BCUT2D eigenvalue weighted by Gasteiger charge is 2.26. The minimum atomic E-state index is -0.0390. The number of likely N-dealkylation sites (N-methyl/N-ethyl adjacent to an activating group) is 1. The first-order chi connectivity index (χ1) is 15.9. The maximum Gasteiger partial charge on any atom is 0.251 e. The summed E-state index contributed by atoms with van der Waals surface area (Å²) in [6, 6.07) is 14.5. The standard InChI is InChI=1S/C27H38N4O2/c1-20(2)33-24-10-7-21(8-11-24)27(32)28-19-26(31-16-14-29(3)15-17-31)23-9-12-25-22(18-23)6-5-13-30(25)4/h7-12,18,20,26H,5-6,13-17,19H2,1-4H3,(H,28,32)/t26-/m1/s1. The number of aryl methyl sites for hydroxylation is 1. The summed E-state index contributed by atoms with van der Waals surface area (Å²) in [5.74, 6) is 0.749. The number of hydrogen-bond donors (Lipinski definition) is 1. The normalized spacial score (nSPS) is 18.2. The monoisotopic (exact) mass is 450 g/mol. The molecular formula is C27H38N4O2. The van der Waals surface area contributed by atoms with Crippen molar-refractivity contribution in [3.05, 3.63) is 59.2 Å². The van der Waals surface area contributed by atoms with Gasteiger partial charge in [-0.2, -0.15) is 0 Å². The van der Waals surface area contributed by atoms with Crippen molar-refractivity contribution < 1.29 is 9.53 Å². The van der Waals surface area contributed by atoms with E-state index in [0.717, 1.165) is 44.9 Å². The molecule has 1 fully saturated rings. The van der Waals surface area contributed by atoms with E-state index in [-0.39, 0.29) is 18.1 Å². The minimum absolute atomic E-state index is 0.0390. The Balaban J connectivity index is 1.49. The molecule has 2 aromatic carbocycles. The fourth-order valence-corrected chi connectivity index (χ4v) is 4.85. The molecule has 0 saturated carbocycles. The van der Waals surface area contributed by atoms with Gasteiger partial charge in [0, 0.05) is 57.6 Å². The molecule has 4 rings (SSSR count). The van der Waals surface area contributed by atoms with Crippen molar-refractivity contribution in [2.45, 2.75) is 38.8 Å². The fraction of sp³-hybridized carbons (Fsp3) is 0.519. The van der Waals surface area contributed by atoms with Crippen LogP contribution in [0.15, 0.2) is 42.5 Å². The van der Waals surface area contributed by atoms with Crippen molar-refractivity contribution in [3.8, 4) is 5.75 Å². The van der Waals surface area contributed by atoms with E-state index in [0.29, 0.717) is 12.1 Å². The van der Waals surface area contributed by atoms with Crippen molar-refractivity contribution in [2.24, 2.45) is 0 Å². The Morgan fingerprint density at radius 2 is 1.73 bits per heavy atom. The van der Waals surface area contributed by atoms with Gasteiger partial charge in [-0.1, -0.05) is 12.1 Å². The number of fused-ring (bicyclic) bond motifs is 1. The molecule has 178 valence electrons. The van der Waals surface area contributed by atoms with E-state index in [9.17, 15) is 4.79 Å². The van der Waals surface area contributed by atoms with Crippen LogP contribution in [0, 0.1) is 0 Å². The highest BCUT2D eigenvalue weighted by Crippen LogP contribution is 2.31. The van der Waals surface area contributed by atoms with E-state index in [4.69, 9.17) is 4.74 Å². The summed E-state index contributed by atoms with van der Waals surface area (Å²) in [5.41, 5.74) is 4.73. The van der Waals surface area contributed by atoms with E-state index in [1.807, 2.05) is 38.1 Å². The van der Waals surface area contributed by atoms with Crippen LogP contribution in [0.25, 0.3) is 0 Å². The molecule has 2 aromatic rings. The average molecular weight is 451 g/mol. The third-order valence-corrected chi connectivity index (χ3v) is 6.76. The van der Waals surface area contributed by atoms with Crippen LogP contribution in [-0.4, -0.2) is 75.2 Å². The second kappa shape index (κ2) is 10.6. The molecule has 6 heteroatoms. The quantitative estimate of drug-likeness (QED) is 0.699. The molecule has 0 aliphatic carbocycles. The number of carbonyl (C=O) groups is 1. The number of nitrogens with one attached hydrogen (secondary N) is 1. The zero-order valence-electron chi connectivity index (χ0n) is 20.5. The van der Waals surface area contributed by atoms with E-state index < -0.39 is 0 Å². The van der Waals surface area contributed by atoms with Gasteiger partial charge in [0.25, 0.3) is 5.91 Å². The summed E-state index contributed by atoms with van der Waals surface area (Å²) in [6.45, 7) is 9.83. The molecule has 1 amide bonds. The maximum atomic E-state index is 12.9. The highest BCUT2D eigenvalue weighted by atomic mass is 16.5. The molecule has 1 N–H and O–H groups in total. The van der Waals surface area contributed by atoms with Gasteiger partial charge in [-0.3, -0.25) is 9.69 Å². The lowest BCUT2D eigenvalue weighted by Crippen LogP contribution is -2.48. The van der Waals surface area contributed by atoms with Gasteiger partial charge in [0.15, 0.2) is 0 Å². The summed E-state index contributed by atoms with van der Waals surface area (Å²) in [4.78, 5) is 20.2. The molecular weight excluding hydrogens is 412 g/mol. The Kier molecular flexibility index (Phi) is 7.56. The highest BCUT2D eigenvalue weighted by molar-refractivity contribution is 5.94. The van der Waals surface area contributed by atoms with Crippen molar-refractivity contribution in [1.82, 2.24) is 15.1 Å². The Morgan fingerprint density at radius 3 is 2.42 bits per heavy atom. The second-order valence-electron chi connectivity index (χ2n) is 9.67. The summed E-state index contributed by atoms with van der Waals surface area (Å²) in [6.07, 6.45) is 2.44. The summed E-state index contributed by atoms with van der Waals surface area (Å²) < 4.78 is 5.70. The molecule has 2 aliphatic heterocycles. The lowest BCUT2D eigenvalue weighted by atomic mass is 9.95. The molecule has 0 aromatic heterocycles. The van der Waals surface area contributed by atoms with Crippen LogP contribution in [0.2, 0.25) is 0 Å². The van der Waals surface area contributed by atoms with Gasteiger partial charge in [-0.25, -0.2) is 0 Å². The zero-order chi connectivity index (χ0) is 23.4. The Morgan fingerprint density at radius 1 is 1.00 bits per heavy atom. The molecule has 0 bridgehead atoms. The number of carbonyl (C=O) groups excluding carboxylic acids is 1. The van der Waals surface area contributed by atoms with Crippen molar-refractivity contribution >= 4 is 11.6 Å². The first kappa shape index (κ1) is 23.6. The molecule has 1 saturated heterocycles. The number of hydrogen-bond acceptors (Lipinski definition) is 5. The Labute approximate surface area is 198 Å². The first-order valence-electron chi connectivity index (χ1n) is 12.2. The van der Waals surface area contributed by atoms with E-state index in [1.165, 1.54) is 23.2 Å². The third kappa shape index (κ3) is 5.87. The van der Waals surface area contributed by atoms with Gasteiger partial charge in [0.1, 0.15) is 5.75 Å². The minimum Gasteiger partial charge on any atom is -0.491 e. The van der Waals surface area contributed by atoms with Gasteiger partial charge in [-0.05, 0) is 75.2 Å². The fourth-order valence-electron chi connectivity index (χ4n) is 4.85. The number of piperazine rings is 1. The zero-order valence-corrected chi connectivity index (χ0v) is 20.5. The SMILES string of the molecule is CC(C)Oc1ccc(C(=O)NC[C@H](c2ccc3c(c2)CCCN3C)N2CCN(C)CC2)cc1. The molecule has 2 heterocycles. The van der Waals surface area contributed by atoms with Crippen LogP contribution in [0.1, 0.15) is 47.8 Å². The second-order valence-corrected chi connectivity index (χ2v) is 9.67. The molecule has 1 atom stereocenters. The Bertz CT molecular complexity index is 936. The van der Waals surface area contributed by atoms with Crippen molar-refractivity contribution in [3.63, 3.8) is 0 Å². The van der Waals surface area contributed by atoms with Crippen molar-refractivity contribution in [1.29, 1.82) is 0 Å². The topological polar surface area (TPSA) is 48.1 Å². The van der Waals surface area contributed by atoms with Gasteiger partial charge < -0.3 is 19.9 Å². The van der Waals surface area contributed by atoms with Gasteiger partial charge in [-0.15, -0.1) is 0 Å². The predicted molar refractivity (Wildman–Crippen MR) is 134 cm³/mol. The van der Waals surface area contributed by atoms with Gasteiger partial charge in [0.05, 0.1) is 12.1 Å². The van der Waals surface area contributed by atoms with Crippen LogP contribution in [0.4, 0.5) is 5.69 Å². The molecule has 33 heavy (non-hydrogen) atoms. The number of nitrogens with zero attached hydrogens (tertiary/aromatic N) is 3. The molecule has 6 nitrogen and oxygen atoms in total. The van der Waals surface area contributed by atoms with Crippen LogP contribution < -0.4 is 15.0 Å². The van der Waals surface area contributed by atoms with Crippen LogP contribution in [-0.2, 0) is 6.42 Å². The van der Waals surface area contributed by atoms with Crippen molar-refractivity contribution in [2.75, 3.05) is 58.3 Å². The van der Waals surface area contributed by atoms with E-state index >= 15 is 0 Å². The van der Waals surface area contributed by atoms with E-state index in [1.54, 1.807) is 0 Å². The summed E-state index contributed by atoms with van der Waals surface area (Å²) >= 11 is 0. The number of amides is 1. The molecule has 0 spiro atoms. The van der Waals surface area contributed by atoms with Crippen LogP contribution >= 0.6 is 0 Å². The first-order valence-corrected chi connectivity index (χ1v) is 12.2. The van der Waals surface area contributed by atoms with Crippen LogP contribution in [0.3, 0.4) is 0 Å². The lowest BCUT2D eigenvalue weighted by Gasteiger charge is -2.39. The molecule has 2 aliphatic rings. The largest absolute Gasteiger partial charge is 0.491 e. The average Bonchev–Trinajstić information content (AvgIpc) is 2.80. The lowest BCUT2D eigenvalue weighted by molar-refractivity contribution is 0.0886. The van der Waals surface area contributed by atoms with Gasteiger partial charge >= 0.3 is 0 Å². The number of rotatable bonds is 7. The maximum absolute atomic E-state index is 12.9. The number of benzene rings is 2. The summed E-state index contributed by atoms with van der Waals surface area (Å²) in [7, 11) is 4.35. The summed E-state index contributed by atoms with van der Waals surface area (Å²) in [5, 5.41) is 3.21. The van der Waals surface area contributed by atoms with Crippen LogP contribution in [0.5, 0.6) is 5.75 Å². The predicted octanol–water partition coefficient (Wildman–Crippen LogP) is 3.57. The van der Waals surface area contributed by atoms with E-state index in [2.05, 4.69) is 52.3 Å². The molecule has 0 unspecified atom stereocenters. The third-order valence-electron chi connectivity index (χ3n) is 6.76. The Hall–Kier alpha value is -2.57. The molecule has 0 radical (unpaired) electrons. The van der Waals surface area contributed by atoms with Gasteiger partial charge in [0.2, 0.25) is 0 Å². The number of anilines is 1.